The third-order valence-corrected chi connectivity index (χ3v) is 2.52. The molecule has 0 spiro atoms. The molecule has 0 aliphatic carbocycles. The molecule has 0 bridgehead atoms. The summed E-state index contributed by atoms with van der Waals surface area (Å²) in [5.74, 6) is 0.932. The van der Waals surface area contributed by atoms with Crippen molar-refractivity contribution < 1.29 is 18.7 Å². The summed E-state index contributed by atoms with van der Waals surface area (Å²) in [6.07, 6.45) is 1.59. The molecule has 0 radical (unpaired) electrons. The van der Waals surface area contributed by atoms with E-state index in [0.29, 0.717) is 18.2 Å². The van der Waals surface area contributed by atoms with Crippen LogP contribution in [0, 0.1) is 0 Å². The molecule has 0 atom stereocenters. The van der Waals surface area contributed by atoms with E-state index in [2.05, 4.69) is 4.98 Å². The summed E-state index contributed by atoms with van der Waals surface area (Å²) in [7, 11) is 1.61. The van der Waals surface area contributed by atoms with E-state index in [9.17, 15) is 4.79 Å². The van der Waals surface area contributed by atoms with Crippen molar-refractivity contribution in [2.45, 2.75) is 13.3 Å². The quantitative estimate of drug-likeness (QED) is 0.774. The fraction of sp³-hybridized carbons (Fsp3) is 0.286. The molecule has 0 saturated carbocycles. The molecule has 2 aromatic rings. The van der Waals surface area contributed by atoms with Gasteiger partial charge in [0, 0.05) is 5.56 Å². The second-order valence-corrected chi connectivity index (χ2v) is 3.85. The maximum Gasteiger partial charge on any atom is 0.311 e. The third kappa shape index (κ3) is 3.34. The summed E-state index contributed by atoms with van der Waals surface area (Å²) in [6.45, 7) is 2.13. The highest BCUT2D eigenvalue weighted by molar-refractivity contribution is 5.72. The van der Waals surface area contributed by atoms with Crippen molar-refractivity contribution in [2.75, 3.05) is 13.7 Å². The van der Waals surface area contributed by atoms with Crippen LogP contribution in [-0.2, 0) is 16.0 Å². The van der Waals surface area contributed by atoms with Gasteiger partial charge in [0.2, 0.25) is 5.89 Å². The fourth-order valence-corrected chi connectivity index (χ4v) is 1.61. The summed E-state index contributed by atoms with van der Waals surface area (Å²) in [4.78, 5) is 15.6. The van der Waals surface area contributed by atoms with Crippen LogP contribution >= 0.6 is 0 Å². The number of carbonyl (C=O) groups excluding carboxylic acids is 1. The molecule has 19 heavy (non-hydrogen) atoms. The molecule has 5 heteroatoms. The van der Waals surface area contributed by atoms with E-state index in [1.807, 2.05) is 24.3 Å². The Bertz CT molecular complexity index is 545. The Hall–Kier alpha value is -2.30. The Morgan fingerprint density at radius 2 is 2.05 bits per heavy atom. The van der Waals surface area contributed by atoms with Crippen molar-refractivity contribution in [1.82, 2.24) is 4.98 Å². The Balaban J connectivity index is 2.09. The van der Waals surface area contributed by atoms with Crippen LogP contribution in [0.3, 0.4) is 0 Å². The van der Waals surface area contributed by atoms with Gasteiger partial charge in [0.25, 0.3) is 0 Å². The minimum atomic E-state index is -0.308. The van der Waals surface area contributed by atoms with Crippen molar-refractivity contribution in [3.8, 4) is 17.2 Å². The SMILES string of the molecule is CCOC(=O)Cc1coc(-c2ccc(OC)cc2)n1. The maximum absolute atomic E-state index is 11.3. The van der Waals surface area contributed by atoms with Gasteiger partial charge in [-0.2, -0.15) is 0 Å². The van der Waals surface area contributed by atoms with Gasteiger partial charge in [0.1, 0.15) is 12.0 Å². The van der Waals surface area contributed by atoms with Crippen LogP contribution in [-0.4, -0.2) is 24.7 Å². The lowest BCUT2D eigenvalue weighted by Gasteiger charge is -1.99. The molecular formula is C14H15NO4. The monoisotopic (exact) mass is 261 g/mol. The van der Waals surface area contributed by atoms with Crippen molar-refractivity contribution >= 4 is 5.97 Å². The van der Waals surface area contributed by atoms with Crippen molar-refractivity contribution in [2.24, 2.45) is 0 Å². The van der Waals surface area contributed by atoms with Gasteiger partial charge in [-0.05, 0) is 31.2 Å². The summed E-state index contributed by atoms with van der Waals surface area (Å²) >= 11 is 0. The van der Waals surface area contributed by atoms with Crippen LogP contribution in [0.2, 0.25) is 0 Å². The minimum absolute atomic E-state index is 0.119. The summed E-state index contributed by atoms with van der Waals surface area (Å²) < 4.78 is 15.3. The molecule has 0 aliphatic heterocycles. The molecular weight excluding hydrogens is 246 g/mol. The number of hydrogen-bond acceptors (Lipinski definition) is 5. The summed E-state index contributed by atoms with van der Waals surface area (Å²) in [5.41, 5.74) is 1.39. The lowest BCUT2D eigenvalue weighted by Crippen LogP contribution is -2.07. The molecule has 100 valence electrons. The van der Waals surface area contributed by atoms with Gasteiger partial charge in [-0.25, -0.2) is 4.98 Å². The Labute approximate surface area is 111 Å². The lowest BCUT2D eigenvalue weighted by atomic mass is 10.2. The molecule has 0 amide bonds. The molecule has 0 N–H and O–H groups in total. The van der Waals surface area contributed by atoms with Gasteiger partial charge >= 0.3 is 5.97 Å². The lowest BCUT2D eigenvalue weighted by molar-refractivity contribution is -0.142. The molecule has 0 aliphatic rings. The number of rotatable bonds is 5. The smallest absolute Gasteiger partial charge is 0.311 e. The number of nitrogens with zero attached hydrogens (tertiary/aromatic N) is 1. The number of carbonyl (C=O) groups is 1. The van der Waals surface area contributed by atoms with E-state index in [-0.39, 0.29) is 12.4 Å². The molecule has 5 nitrogen and oxygen atoms in total. The number of hydrogen-bond donors (Lipinski definition) is 0. The van der Waals surface area contributed by atoms with Gasteiger partial charge in [0.05, 0.1) is 25.8 Å². The topological polar surface area (TPSA) is 61.6 Å². The van der Waals surface area contributed by atoms with Gasteiger partial charge in [-0.1, -0.05) is 0 Å². The van der Waals surface area contributed by atoms with Crippen LogP contribution in [0.15, 0.2) is 34.9 Å². The zero-order valence-electron chi connectivity index (χ0n) is 10.9. The number of methoxy groups -OCH3 is 1. The van der Waals surface area contributed by atoms with Crippen molar-refractivity contribution in [3.05, 3.63) is 36.2 Å². The Morgan fingerprint density at radius 3 is 2.68 bits per heavy atom. The molecule has 1 aromatic carbocycles. The van der Waals surface area contributed by atoms with E-state index in [4.69, 9.17) is 13.9 Å². The average Bonchev–Trinajstić information content (AvgIpc) is 2.87. The number of benzene rings is 1. The largest absolute Gasteiger partial charge is 0.497 e. The zero-order chi connectivity index (χ0) is 13.7. The first-order valence-electron chi connectivity index (χ1n) is 5.97. The van der Waals surface area contributed by atoms with Gasteiger partial charge in [-0.15, -0.1) is 0 Å². The highest BCUT2D eigenvalue weighted by Gasteiger charge is 2.11. The van der Waals surface area contributed by atoms with E-state index in [1.54, 1.807) is 14.0 Å². The first kappa shape index (κ1) is 13.1. The third-order valence-electron chi connectivity index (χ3n) is 2.52. The molecule has 2 rings (SSSR count). The first-order chi connectivity index (χ1) is 9.22. The maximum atomic E-state index is 11.3. The second-order valence-electron chi connectivity index (χ2n) is 3.85. The molecule has 1 aromatic heterocycles. The second kappa shape index (κ2) is 6.04. The highest BCUT2D eigenvalue weighted by atomic mass is 16.5. The number of esters is 1. The standard InChI is InChI=1S/C14H15NO4/c1-3-18-13(16)8-11-9-19-14(15-11)10-4-6-12(17-2)7-5-10/h4-7,9H,3,8H2,1-2H3. The van der Waals surface area contributed by atoms with E-state index >= 15 is 0 Å². The van der Waals surface area contributed by atoms with Crippen LogP contribution < -0.4 is 4.74 Å². The number of ether oxygens (including phenoxy) is 2. The normalized spacial score (nSPS) is 10.2. The van der Waals surface area contributed by atoms with Crippen molar-refractivity contribution in [1.29, 1.82) is 0 Å². The Morgan fingerprint density at radius 1 is 1.32 bits per heavy atom. The van der Waals surface area contributed by atoms with Gasteiger partial charge < -0.3 is 13.9 Å². The van der Waals surface area contributed by atoms with Crippen LogP contribution in [0.1, 0.15) is 12.6 Å². The molecule has 0 saturated heterocycles. The van der Waals surface area contributed by atoms with Crippen LogP contribution in [0.4, 0.5) is 0 Å². The highest BCUT2D eigenvalue weighted by Crippen LogP contribution is 2.21. The molecule has 0 fully saturated rings. The van der Waals surface area contributed by atoms with E-state index in [1.165, 1.54) is 6.26 Å². The summed E-state index contributed by atoms with van der Waals surface area (Å²) in [6, 6.07) is 7.34. The van der Waals surface area contributed by atoms with Crippen LogP contribution in [0.5, 0.6) is 5.75 Å². The van der Waals surface area contributed by atoms with E-state index < -0.39 is 0 Å². The molecule has 1 heterocycles. The minimum Gasteiger partial charge on any atom is -0.497 e. The van der Waals surface area contributed by atoms with Crippen molar-refractivity contribution in [3.63, 3.8) is 0 Å². The van der Waals surface area contributed by atoms with E-state index in [0.717, 1.165) is 11.3 Å². The summed E-state index contributed by atoms with van der Waals surface area (Å²) in [5, 5.41) is 0. The molecule has 0 unspecified atom stereocenters. The average molecular weight is 261 g/mol. The predicted molar refractivity (Wildman–Crippen MR) is 68.8 cm³/mol. The predicted octanol–water partition coefficient (Wildman–Crippen LogP) is 2.46. The van der Waals surface area contributed by atoms with Gasteiger partial charge in [-0.3, -0.25) is 4.79 Å². The Kier molecular flexibility index (Phi) is 4.18. The number of aromatic nitrogens is 1. The fourth-order valence-electron chi connectivity index (χ4n) is 1.61. The first-order valence-corrected chi connectivity index (χ1v) is 5.97. The number of oxazole rings is 1. The van der Waals surface area contributed by atoms with Gasteiger partial charge in [0.15, 0.2) is 0 Å². The van der Waals surface area contributed by atoms with Crippen LogP contribution in [0.25, 0.3) is 11.5 Å². The zero-order valence-corrected chi connectivity index (χ0v) is 10.9.